The smallest absolute Gasteiger partial charge is 0.410 e. The number of hydrogen-bond acceptors (Lipinski definition) is 5. The van der Waals surface area contributed by atoms with Gasteiger partial charge in [0.1, 0.15) is 5.60 Å². The molecule has 0 spiro atoms. The van der Waals surface area contributed by atoms with E-state index in [4.69, 9.17) is 4.74 Å². The Morgan fingerprint density at radius 3 is 2.25 bits per heavy atom. The zero-order valence-electron chi connectivity index (χ0n) is 19.1. The largest absolute Gasteiger partial charge is 0.444 e. The predicted octanol–water partition coefficient (Wildman–Crippen LogP) is 4.69. The van der Waals surface area contributed by atoms with Gasteiger partial charge in [-0.3, -0.25) is 9.59 Å². The van der Waals surface area contributed by atoms with Gasteiger partial charge >= 0.3 is 6.09 Å². The lowest BCUT2D eigenvalue weighted by Gasteiger charge is -2.34. The second-order valence-electron chi connectivity index (χ2n) is 9.02. The standard InChI is InChI=1S/C25H31N3O4/c1-17(29)26-20-10-11-22(21(16-20)23(30)18-8-6-5-7-9-18)27-19-12-14-28(15-13-19)24(31)32-25(2,3)4/h5-11,16,19,27H,12-15H2,1-4H3,(H,26,29). The van der Waals surface area contributed by atoms with Crippen molar-refractivity contribution in [1.29, 1.82) is 0 Å². The van der Waals surface area contributed by atoms with Crippen molar-refractivity contribution in [3.05, 3.63) is 59.7 Å². The summed E-state index contributed by atoms with van der Waals surface area (Å²) in [6.45, 7) is 8.17. The molecule has 0 bridgehead atoms. The van der Waals surface area contributed by atoms with Gasteiger partial charge in [0.2, 0.25) is 5.91 Å². The molecule has 7 heteroatoms. The summed E-state index contributed by atoms with van der Waals surface area (Å²) in [6, 6.07) is 14.5. The molecule has 170 valence electrons. The molecule has 0 atom stereocenters. The summed E-state index contributed by atoms with van der Waals surface area (Å²) in [5.41, 5.74) is 1.84. The molecule has 2 amide bonds. The number of benzene rings is 2. The molecular formula is C25H31N3O4. The zero-order chi connectivity index (χ0) is 23.3. The topological polar surface area (TPSA) is 87.7 Å². The molecule has 3 rings (SSSR count). The minimum absolute atomic E-state index is 0.114. The third-order valence-electron chi connectivity index (χ3n) is 5.13. The molecule has 32 heavy (non-hydrogen) atoms. The lowest BCUT2D eigenvalue weighted by molar-refractivity contribution is -0.114. The van der Waals surface area contributed by atoms with Crippen molar-refractivity contribution in [2.24, 2.45) is 0 Å². The minimum atomic E-state index is -0.519. The van der Waals surface area contributed by atoms with Crippen molar-refractivity contribution in [2.45, 2.75) is 52.2 Å². The zero-order valence-corrected chi connectivity index (χ0v) is 19.1. The summed E-state index contributed by atoms with van der Waals surface area (Å²) < 4.78 is 5.46. The third kappa shape index (κ3) is 6.33. The first-order valence-electron chi connectivity index (χ1n) is 10.9. The first kappa shape index (κ1) is 23.3. The number of carbonyl (C=O) groups is 3. The Kier molecular flexibility index (Phi) is 7.18. The van der Waals surface area contributed by atoms with Crippen LogP contribution >= 0.6 is 0 Å². The van der Waals surface area contributed by atoms with E-state index in [1.165, 1.54) is 6.92 Å². The van der Waals surface area contributed by atoms with Gasteiger partial charge in [-0.2, -0.15) is 0 Å². The van der Waals surface area contributed by atoms with E-state index in [9.17, 15) is 14.4 Å². The highest BCUT2D eigenvalue weighted by atomic mass is 16.6. The Hall–Kier alpha value is -3.35. The van der Waals surface area contributed by atoms with Crippen molar-refractivity contribution in [3.8, 4) is 0 Å². The van der Waals surface area contributed by atoms with Crippen LogP contribution in [0.15, 0.2) is 48.5 Å². The van der Waals surface area contributed by atoms with Crippen molar-refractivity contribution in [3.63, 3.8) is 0 Å². The second kappa shape index (κ2) is 9.85. The molecule has 0 unspecified atom stereocenters. The van der Waals surface area contributed by atoms with Crippen LogP contribution < -0.4 is 10.6 Å². The number of nitrogens with zero attached hydrogens (tertiary/aromatic N) is 1. The molecule has 7 nitrogen and oxygen atoms in total. The van der Waals surface area contributed by atoms with E-state index in [1.54, 1.807) is 29.2 Å². The summed E-state index contributed by atoms with van der Waals surface area (Å²) in [4.78, 5) is 38.7. The fourth-order valence-corrected chi connectivity index (χ4v) is 3.64. The van der Waals surface area contributed by atoms with Crippen molar-refractivity contribution < 1.29 is 19.1 Å². The molecular weight excluding hydrogens is 406 g/mol. The summed E-state index contributed by atoms with van der Waals surface area (Å²) in [7, 11) is 0. The van der Waals surface area contributed by atoms with Gasteiger partial charge in [-0.25, -0.2) is 4.79 Å². The fraction of sp³-hybridized carbons (Fsp3) is 0.400. The molecule has 0 aliphatic carbocycles. The van der Waals surface area contributed by atoms with Gasteiger partial charge in [0.05, 0.1) is 0 Å². The first-order valence-corrected chi connectivity index (χ1v) is 10.9. The van der Waals surface area contributed by atoms with Gasteiger partial charge in [0.25, 0.3) is 0 Å². The summed E-state index contributed by atoms with van der Waals surface area (Å²) in [5.74, 6) is -0.315. The molecule has 0 saturated carbocycles. The van der Waals surface area contributed by atoms with Gasteiger partial charge < -0.3 is 20.3 Å². The highest BCUT2D eigenvalue weighted by Crippen LogP contribution is 2.27. The molecule has 0 radical (unpaired) electrons. The maximum absolute atomic E-state index is 13.2. The Morgan fingerprint density at radius 2 is 1.66 bits per heavy atom. The van der Waals surface area contributed by atoms with Crippen LogP contribution in [0.4, 0.5) is 16.2 Å². The number of nitrogens with one attached hydrogen (secondary N) is 2. The number of carbonyl (C=O) groups excluding carboxylic acids is 3. The number of likely N-dealkylation sites (tertiary alicyclic amines) is 1. The van der Waals surface area contributed by atoms with Crippen molar-refractivity contribution in [2.75, 3.05) is 23.7 Å². The monoisotopic (exact) mass is 437 g/mol. The SMILES string of the molecule is CC(=O)Nc1ccc(NC2CCN(C(=O)OC(C)(C)C)CC2)c(C(=O)c2ccccc2)c1. The van der Waals surface area contributed by atoms with Crippen LogP contribution in [0.3, 0.4) is 0 Å². The maximum atomic E-state index is 13.2. The Labute approximate surface area is 189 Å². The Balaban J connectivity index is 1.74. The highest BCUT2D eigenvalue weighted by Gasteiger charge is 2.27. The summed E-state index contributed by atoms with van der Waals surface area (Å²) in [6.07, 6.45) is 1.19. The van der Waals surface area contributed by atoms with E-state index in [-0.39, 0.29) is 23.8 Å². The van der Waals surface area contributed by atoms with E-state index in [0.717, 1.165) is 12.8 Å². The summed E-state index contributed by atoms with van der Waals surface area (Å²) >= 11 is 0. The van der Waals surface area contributed by atoms with Crippen LogP contribution in [0.1, 0.15) is 56.5 Å². The van der Waals surface area contributed by atoms with Gasteiger partial charge in [0, 0.05) is 48.6 Å². The molecule has 2 aromatic rings. The Bertz CT molecular complexity index is 974. The minimum Gasteiger partial charge on any atom is -0.444 e. The summed E-state index contributed by atoms with van der Waals surface area (Å²) in [5, 5.41) is 6.22. The number of rotatable bonds is 5. The Morgan fingerprint density at radius 1 is 1.00 bits per heavy atom. The quantitative estimate of drug-likeness (QED) is 0.663. The van der Waals surface area contributed by atoms with Crippen LogP contribution in [0, 0.1) is 0 Å². The van der Waals surface area contributed by atoms with Crippen LogP contribution in [0.25, 0.3) is 0 Å². The average Bonchev–Trinajstić information content (AvgIpc) is 2.74. The molecule has 1 aliphatic heterocycles. The second-order valence-corrected chi connectivity index (χ2v) is 9.02. The van der Waals surface area contributed by atoms with Crippen LogP contribution in [0.2, 0.25) is 0 Å². The third-order valence-corrected chi connectivity index (χ3v) is 5.13. The van der Waals surface area contributed by atoms with E-state index in [2.05, 4.69) is 10.6 Å². The van der Waals surface area contributed by atoms with E-state index in [1.807, 2.05) is 45.0 Å². The number of hydrogen-bond donors (Lipinski definition) is 2. The molecule has 1 heterocycles. The lowest BCUT2D eigenvalue weighted by Crippen LogP contribution is -2.44. The van der Waals surface area contributed by atoms with Crippen LogP contribution in [-0.4, -0.2) is 47.4 Å². The number of ether oxygens (including phenoxy) is 1. The van der Waals surface area contributed by atoms with Gasteiger partial charge in [-0.1, -0.05) is 30.3 Å². The van der Waals surface area contributed by atoms with E-state index < -0.39 is 5.60 Å². The normalized spacial score (nSPS) is 14.6. The van der Waals surface area contributed by atoms with Gasteiger partial charge in [-0.15, -0.1) is 0 Å². The molecule has 2 N–H and O–H groups in total. The van der Waals surface area contributed by atoms with E-state index in [0.29, 0.717) is 35.6 Å². The average molecular weight is 438 g/mol. The van der Waals surface area contributed by atoms with E-state index >= 15 is 0 Å². The fourth-order valence-electron chi connectivity index (χ4n) is 3.64. The van der Waals surface area contributed by atoms with Crippen molar-refractivity contribution >= 4 is 29.2 Å². The van der Waals surface area contributed by atoms with Gasteiger partial charge in [0.15, 0.2) is 5.78 Å². The number of amides is 2. The number of anilines is 2. The molecule has 1 saturated heterocycles. The molecule has 1 fully saturated rings. The first-order chi connectivity index (χ1) is 15.1. The van der Waals surface area contributed by atoms with Gasteiger partial charge in [-0.05, 0) is 51.8 Å². The van der Waals surface area contributed by atoms with Crippen LogP contribution in [0.5, 0.6) is 0 Å². The molecule has 2 aromatic carbocycles. The lowest BCUT2D eigenvalue weighted by atomic mass is 9.99. The maximum Gasteiger partial charge on any atom is 0.410 e. The van der Waals surface area contributed by atoms with Crippen LogP contribution in [-0.2, 0) is 9.53 Å². The molecule has 0 aromatic heterocycles. The molecule has 1 aliphatic rings. The number of ketones is 1. The van der Waals surface area contributed by atoms with Crippen molar-refractivity contribution in [1.82, 2.24) is 4.90 Å². The highest BCUT2D eigenvalue weighted by molar-refractivity contribution is 6.13. The predicted molar refractivity (Wildman–Crippen MR) is 125 cm³/mol. The number of piperidine rings is 1.